The molecule has 162 valence electrons. The number of carbonyl (C=O) groups is 2. The Bertz CT molecular complexity index is 895. The second-order valence-corrected chi connectivity index (χ2v) is 7.56. The van der Waals surface area contributed by atoms with Crippen LogP contribution in [0.15, 0.2) is 18.5 Å². The number of hydrogen-bond acceptors (Lipinski definition) is 10. The van der Waals surface area contributed by atoms with Crippen LogP contribution in [0.4, 0.5) is 5.82 Å². The molecule has 2 atom stereocenters. The largest absolute Gasteiger partial charge is 0.472 e. The van der Waals surface area contributed by atoms with Gasteiger partial charge < -0.3 is 24.3 Å². The molecule has 0 aromatic carbocycles. The van der Waals surface area contributed by atoms with Gasteiger partial charge in [-0.25, -0.2) is 9.67 Å². The zero-order valence-electron chi connectivity index (χ0n) is 17.2. The van der Waals surface area contributed by atoms with Gasteiger partial charge in [-0.2, -0.15) is 4.98 Å². The van der Waals surface area contributed by atoms with Crippen LogP contribution in [-0.4, -0.2) is 68.4 Å². The summed E-state index contributed by atoms with van der Waals surface area (Å²) in [5, 5.41) is 10.3. The van der Waals surface area contributed by atoms with Gasteiger partial charge in [-0.3, -0.25) is 9.59 Å². The first-order valence-electron chi connectivity index (χ1n) is 9.30. The molecule has 3 rings (SSSR count). The van der Waals surface area contributed by atoms with E-state index < -0.39 is 17.7 Å². The van der Waals surface area contributed by atoms with Crippen LogP contribution in [0.25, 0.3) is 0 Å². The summed E-state index contributed by atoms with van der Waals surface area (Å²) in [4.78, 5) is 32.2. The van der Waals surface area contributed by atoms with Gasteiger partial charge in [-0.05, 0) is 20.8 Å². The molecule has 2 aromatic rings. The number of nitrogens with one attached hydrogen (secondary N) is 1. The lowest BCUT2D eigenvalue weighted by molar-refractivity contribution is -0.155. The summed E-state index contributed by atoms with van der Waals surface area (Å²) in [5.74, 6) is -0.296. The number of amides is 1. The van der Waals surface area contributed by atoms with Gasteiger partial charge in [0.25, 0.3) is 5.91 Å². The number of methoxy groups -OCH3 is 1. The van der Waals surface area contributed by atoms with Crippen molar-refractivity contribution in [3.8, 4) is 11.9 Å². The summed E-state index contributed by atoms with van der Waals surface area (Å²) in [5.41, 5.74) is -0.593. The standard InChI is InChI=1S/C18H24N6O6/c1-18(2,3)30-15(25)9-24-8-13(22-23-24)20-16(26)12-7-11(10-28-12)29-14-5-6-19-17(21-14)27-4/h5-6,8,11-12H,7,9-10H2,1-4H3,(H,20,26). The second-order valence-electron chi connectivity index (χ2n) is 7.56. The molecule has 2 unspecified atom stereocenters. The van der Waals surface area contributed by atoms with Crippen molar-refractivity contribution in [2.45, 2.75) is 51.5 Å². The maximum atomic E-state index is 12.4. The smallest absolute Gasteiger partial charge is 0.328 e. The molecule has 0 aliphatic carbocycles. The lowest BCUT2D eigenvalue weighted by atomic mass is 10.2. The fraction of sp³-hybridized carbons (Fsp3) is 0.556. The lowest BCUT2D eigenvalue weighted by Crippen LogP contribution is -2.28. The molecular weight excluding hydrogens is 396 g/mol. The Morgan fingerprint density at radius 2 is 2.17 bits per heavy atom. The maximum absolute atomic E-state index is 12.4. The second kappa shape index (κ2) is 9.03. The van der Waals surface area contributed by atoms with Crippen molar-refractivity contribution in [3.63, 3.8) is 0 Å². The molecule has 0 radical (unpaired) electrons. The number of anilines is 1. The average molecular weight is 420 g/mol. The molecule has 12 heteroatoms. The van der Waals surface area contributed by atoms with Crippen molar-refractivity contribution >= 4 is 17.7 Å². The number of nitrogens with zero attached hydrogens (tertiary/aromatic N) is 5. The van der Waals surface area contributed by atoms with Crippen LogP contribution in [0.2, 0.25) is 0 Å². The van der Waals surface area contributed by atoms with Crippen molar-refractivity contribution in [1.29, 1.82) is 0 Å². The van der Waals surface area contributed by atoms with E-state index in [0.29, 0.717) is 12.3 Å². The first-order valence-corrected chi connectivity index (χ1v) is 9.30. The number of esters is 1. The monoisotopic (exact) mass is 420 g/mol. The summed E-state index contributed by atoms with van der Waals surface area (Å²) < 4.78 is 22.7. The van der Waals surface area contributed by atoms with Crippen molar-refractivity contribution < 1.29 is 28.5 Å². The minimum atomic E-state index is -0.713. The highest BCUT2D eigenvalue weighted by Gasteiger charge is 2.33. The molecule has 1 N–H and O–H groups in total. The minimum Gasteiger partial charge on any atom is -0.472 e. The molecule has 1 amide bonds. The molecule has 1 fully saturated rings. The van der Waals surface area contributed by atoms with Crippen LogP contribution in [0, 0.1) is 0 Å². The summed E-state index contributed by atoms with van der Waals surface area (Å²) in [6.45, 7) is 5.45. The number of ether oxygens (including phenoxy) is 4. The van der Waals surface area contributed by atoms with Crippen molar-refractivity contribution in [2.75, 3.05) is 19.0 Å². The molecule has 1 aliphatic heterocycles. The van der Waals surface area contributed by atoms with E-state index in [-0.39, 0.29) is 37.0 Å². The van der Waals surface area contributed by atoms with Crippen molar-refractivity contribution in [2.24, 2.45) is 0 Å². The molecule has 30 heavy (non-hydrogen) atoms. The Labute approximate surface area is 172 Å². The van der Waals surface area contributed by atoms with Gasteiger partial charge in [0.2, 0.25) is 5.88 Å². The minimum absolute atomic E-state index is 0.113. The third kappa shape index (κ3) is 6.11. The third-order valence-corrected chi connectivity index (χ3v) is 3.83. The van der Waals surface area contributed by atoms with E-state index in [0.717, 1.165) is 0 Å². The van der Waals surface area contributed by atoms with E-state index in [1.807, 2.05) is 0 Å². The van der Waals surface area contributed by atoms with E-state index in [1.165, 1.54) is 24.2 Å². The first kappa shape index (κ1) is 21.4. The highest BCUT2D eigenvalue weighted by atomic mass is 16.6. The first-order chi connectivity index (χ1) is 14.2. The SMILES string of the molecule is COc1nccc(OC2COC(C(=O)Nc3cn(CC(=O)OC(C)(C)C)nn3)C2)n1. The van der Waals surface area contributed by atoms with Crippen LogP contribution < -0.4 is 14.8 Å². The molecule has 3 heterocycles. The predicted molar refractivity (Wildman–Crippen MR) is 102 cm³/mol. The predicted octanol–water partition coefficient (Wildman–Crippen LogP) is 0.593. The number of rotatable bonds is 7. The third-order valence-electron chi connectivity index (χ3n) is 3.83. The van der Waals surface area contributed by atoms with Crippen LogP contribution in [0.3, 0.4) is 0 Å². The zero-order valence-corrected chi connectivity index (χ0v) is 17.2. The van der Waals surface area contributed by atoms with Crippen molar-refractivity contribution in [1.82, 2.24) is 25.0 Å². The van der Waals surface area contributed by atoms with Crippen LogP contribution in [0.5, 0.6) is 11.9 Å². The maximum Gasteiger partial charge on any atom is 0.328 e. The molecule has 2 aromatic heterocycles. The molecule has 0 spiro atoms. The van der Waals surface area contributed by atoms with Gasteiger partial charge in [-0.15, -0.1) is 5.10 Å². The Hall–Kier alpha value is -3.28. The quantitative estimate of drug-likeness (QED) is 0.633. The molecule has 12 nitrogen and oxygen atoms in total. The van der Waals surface area contributed by atoms with E-state index >= 15 is 0 Å². The van der Waals surface area contributed by atoms with Crippen LogP contribution >= 0.6 is 0 Å². The normalized spacial score (nSPS) is 18.7. The van der Waals surface area contributed by atoms with Gasteiger partial charge in [-0.1, -0.05) is 5.21 Å². The highest BCUT2D eigenvalue weighted by molar-refractivity contribution is 5.93. The average Bonchev–Trinajstić information content (AvgIpc) is 3.30. The fourth-order valence-electron chi connectivity index (χ4n) is 2.67. The summed E-state index contributed by atoms with van der Waals surface area (Å²) in [6, 6.07) is 1.79. The van der Waals surface area contributed by atoms with Crippen molar-refractivity contribution in [3.05, 3.63) is 18.5 Å². The Morgan fingerprint density at radius 1 is 1.37 bits per heavy atom. The fourth-order valence-corrected chi connectivity index (χ4v) is 2.67. The van der Waals surface area contributed by atoms with Gasteiger partial charge in [0.15, 0.2) is 5.82 Å². The summed E-state index contributed by atoms with van der Waals surface area (Å²) >= 11 is 0. The van der Waals surface area contributed by atoms with Crippen LogP contribution in [0.1, 0.15) is 27.2 Å². The lowest BCUT2D eigenvalue weighted by Gasteiger charge is -2.19. The Kier molecular flexibility index (Phi) is 6.45. The number of hydrogen-bond donors (Lipinski definition) is 1. The van der Waals surface area contributed by atoms with E-state index in [1.54, 1.807) is 26.8 Å². The Balaban J connectivity index is 1.48. The molecule has 0 bridgehead atoms. The molecular formula is C18H24N6O6. The summed E-state index contributed by atoms with van der Waals surface area (Å²) in [7, 11) is 1.46. The van der Waals surface area contributed by atoms with Gasteiger partial charge in [0.1, 0.15) is 24.4 Å². The van der Waals surface area contributed by atoms with E-state index in [2.05, 4.69) is 25.6 Å². The highest BCUT2D eigenvalue weighted by Crippen LogP contribution is 2.21. The topological polar surface area (TPSA) is 140 Å². The van der Waals surface area contributed by atoms with Crippen LogP contribution in [-0.2, 0) is 25.6 Å². The van der Waals surface area contributed by atoms with E-state index in [4.69, 9.17) is 18.9 Å². The Morgan fingerprint density at radius 3 is 2.90 bits per heavy atom. The van der Waals surface area contributed by atoms with Gasteiger partial charge in [0.05, 0.1) is 19.9 Å². The summed E-state index contributed by atoms with van der Waals surface area (Å²) in [6.07, 6.45) is 2.24. The molecule has 1 aliphatic rings. The molecule has 1 saturated heterocycles. The number of carbonyl (C=O) groups excluding carboxylic acids is 2. The van der Waals surface area contributed by atoms with E-state index in [9.17, 15) is 9.59 Å². The zero-order chi connectivity index (χ0) is 21.7. The van der Waals surface area contributed by atoms with Gasteiger partial charge in [0, 0.05) is 18.7 Å². The number of aromatic nitrogens is 5. The molecule has 0 saturated carbocycles. The van der Waals surface area contributed by atoms with Gasteiger partial charge >= 0.3 is 12.0 Å².